The smallest absolute Gasteiger partial charge is 0.251 e. The minimum Gasteiger partial charge on any atom is -0.383 e. The van der Waals surface area contributed by atoms with Crippen molar-refractivity contribution in [2.75, 3.05) is 20.3 Å². The number of amides is 2. The van der Waals surface area contributed by atoms with Gasteiger partial charge in [-0.2, -0.15) is 0 Å². The van der Waals surface area contributed by atoms with Gasteiger partial charge in [0.2, 0.25) is 0 Å². The molecule has 0 aliphatic rings. The van der Waals surface area contributed by atoms with Crippen molar-refractivity contribution < 1.29 is 14.3 Å². The van der Waals surface area contributed by atoms with Crippen molar-refractivity contribution in [3.63, 3.8) is 0 Å². The summed E-state index contributed by atoms with van der Waals surface area (Å²) in [6, 6.07) is 14.6. The Balaban J connectivity index is 1.97. The van der Waals surface area contributed by atoms with Crippen molar-refractivity contribution in [2.24, 2.45) is 0 Å². The van der Waals surface area contributed by atoms with Gasteiger partial charge in [-0.1, -0.05) is 35.9 Å². The van der Waals surface area contributed by atoms with Crippen LogP contribution in [0.4, 0.5) is 0 Å². The number of hydrogen-bond donors (Lipinski definition) is 2. The number of hydrogen-bond acceptors (Lipinski definition) is 3. The molecule has 0 unspecified atom stereocenters. The summed E-state index contributed by atoms with van der Waals surface area (Å²) in [6.45, 7) is 3.34. The van der Waals surface area contributed by atoms with Crippen LogP contribution in [0.1, 0.15) is 31.8 Å². The van der Waals surface area contributed by atoms with E-state index in [1.165, 1.54) is 0 Å². The van der Waals surface area contributed by atoms with Crippen molar-refractivity contribution in [3.05, 3.63) is 70.8 Å². The highest BCUT2D eigenvalue weighted by Gasteiger charge is 2.10. The average molecular weight is 326 g/mol. The van der Waals surface area contributed by atoms with Gasteiger partial charge in [0.25, 0.3) is 11.8 Å². The number of rotatable bonds is 7. The van der Waals surface area contributed by atoms with Crippen LogP contribution in [0.15, 0.2) is 48.5 Å². The Bertz CT molecular complexity index is 713. The Hall–Kier alpha value is -2.66. The lowest BCUT2D eigenvalue weighted by Gasteiger charge is -2.08. The van der Waals surface area contributed by atoms with E-state index >= 15 is 0 Å². The fourth-order valence-electron chi connectivity index (χ4n) is 2.28. The second kappa shape index (κ2) is 8.84. The summed E-state index contributed by atoms with van der Waals surface area (Å²) >= 11 is 0. The van der Waals surface area contributed by atoms with Crippen LogP contribution in [-0.2, 0) is 11.3 Å². The molecule has 0 fully saturated rings. The number of carbonyl (C=O) groups excluding carboxylic acids is 2. The summed E-state index contributed by atoms with van der Waals surface area (Å²) in [4.78, 5) is 24.3. The van der Waals surface area contributed by atoms with E-state index < -0.39 is 0 Å². The molecule has 5 heteroatoms. The number of carbonyl (C=O) groups is 2. The topological polar surface area (TPSA) is 67.4 Å². The molecule has 0 heterocycles. The van der Waals surface area contributed by atoms with E-state index in [4.69, 9.17) is 4.74 Å². The highest BCUT2D eigenvalue weighted by atomic mass is 16.5. The van der Waals surface area contributed by atoms with Crippen LogP contribution in [0, 0.1) is 6.92 Å². The molecule has 2 rings (SSSR count). The molecule has 2 aromatic carbocycles. The van der Waals surface area contributed by atoms with E-state index in [-0.39, 0.29) is 11.8 Å². The fourth-order valence-corrected chi connectivity index (χ4v) is 2.28. The minimum absolute atomic E-state index is 0.206. The second-order valence-corrected chi connectivity index (χ2v) is 5.50. The van der Waals surface area contributed by atoms with E-state index in [1.807, 2.05) is 31.2 Å². The summed E-state index contributed by atoms with van der Waals surface area (Å²) in [6.07, 6.45) is 0. The first-order valence-electron chi connectivity index (χ1n) is 7.81. The summed E-state index contributed by atoms with van der Waals surface area (Å²) in [5.41, 5.74) is 3.10. The quantitative estimate of drug-likeness (QED) is 0.767. The number of ether oxygens (including phenoxy) is 1. The van der Waals surface area contributed by atoms with Gasteiger partial charge in [-0.25, -0.2) is 0 Å². The lowest BCUT2D eigenvalue weighted by molar-refractivity contribution is 0.0937. The molecule has 0 radical (unpaired) electrons. The zero-order valence-electron chi connectivity index (χ0n) is 14.0. The van der Waals surface area contributed by atoms with Crippen LogP contribution in [0.2, 0.25) is 0 Å². The van der Waals surface area contributed by atoms with Crippen molar-refractivity contribution >= 4 is 11.8 Å². The maximum Gasteiger partial charge on any atom is 0.251 e. The third kappa shape index (κ3) is 5.21. The third-order valence-electron chi connectivity index (χ3n) is 3.51. The first-order chi connectivity index (χ1) is 11.6. The number of benzene rings is 2. The van der Waals surface area contributed by atoms with Gasteiger partial charge in [-0.15, -0.1) is 0 Å². The zero-order valence-corrected chi connectivity index (χ0v) is 14.0. The first-order valence-corrected chi connectivity index (χ1v) is 7.81. The molecule has 0 aliphatic heterocycles. The minimum atomic E-state index is -0.222. The van der Waals surface area contributed by atoms with Gasteiger partial charge in [0.05, 0.1) is 6.61 Å². The largest absolute Gasteiger partial charge is 0.383 e. The maximum absolute atomic E-state index is 12.3. The van der Waals surface area contributed by atoms with Gasteiger partial charge in [0, 0.05) is 31.3 Å². The van der Waals surface area contributed by atoms with Crippen LogP contribution in [0.3, 0.4) is 0 Å². The highest BCUT2D eigenvalue weighted by molar-refractivity contribution is 5.99. The summed E-state index contributed by atoms with van der Waals surface area (Å²) in [7, 11) is 1.57. The third-order valence-corrected chi connectivity index (χ3v) is 3.51. The molecule has 5 nitrogen and oxygen atoms in total. The molecule has 126 valence electrons. The summed E-state index contributed by atoms with van der Waals surface area (Å²) in [5, 5.41) is 5.60. The van der Waals surface area contributed by atoms with Crippen LogP contribution >= 0.6 is 0 Å². The Kier molecular flexibility index (Phi) is 6.51. The molecule has 0 saturated heterocycles. The molecule has 0 bridgehead atoms. The Labute approximate surface area is 142 Å². The standard InChI is InChI=1S/C19H22N2O3/c1-14-5-3-6-15(11-14)13-21-19(23)17-8-4-7-16(12-17)18(22)20-9-10-24-2/h3-8,11-12H,9-10,13H2,1-2H3,(H,20,22)(H,21,23). The van der Waals surface area contributed by atoms with Gasteiger partial charge in [-0.3, -0.25) is 9.59 Å². The maximum atomic E-state index is 12.3. The van der Waals surface area contributed by atoms with Crippen LogP contribution < -0.4 is 10.6 Å². The molecule has 0 saturated carbocycles. The van der Waals surface area contributed by atoms with Crippen LogP contribution in [0.5, 0.6) is 0 Å². The molecule has 2 amide bonds. The molecule has 2 aromatic rings. The van der Waals surface area contributed by atoms with Crippen molar-refractivity contribution in [2.45, 2.75) is 13.5 Å². The Morgan fingerprint density at radius 1 is 0.958 bits per heavy atom. The van der Waals surface area contributed by atoms with Crippen LogP contribution in [-0.4, -0.2) is 32.1 Å². The van der Waals surface area contributed by atoms with E-state index in [9.17, 15) is 9.59 Å². The zero-order chi connectivity index (χ0) is 17.4. The molecule has 0 aromatic heterocycles. The average Bonchev–Trinajstić information content (AvgIpc) is 2.60. The molecular weight excluding hydrogens is 304 g/mol. The van der Waals surface area contributed by atoms with Gasteiger partial charge in [0.15, 0.2) is 0 Å². The van der Waals surface area contributed by atoms with Gasteiger partial charge in [-0.05, 0) is 30.7 Å². The molecule has 0 atom stereocenters. The number of methoxy groups -OCH3 is 1. The number of aryl methyl sites for hydroxylation is 1. The van der Waals surface area contributed by atoms with E-state index in [0.717, 1.165) is 11.1 Å². The van der Waals surface area contributed by atoms with Gasteiger partial charge in [0.1, 0.15) is 0 Å². The van der Waals surface area contributed by atoms with Gasteiger partial charge >= 0.3 is 0 Å². The Morgan fingerprint density at radius 2 is 1.62 bits per heavy atom. The fraction of sp³-hybridized carbons (Fsp3) is 0.263. The monoisotopic (exact) mass is 326 g/mol. The molecule has 24 heavy (non-hydrogen) atoms. The van der Waals surface area contributed by atoms with E-state index in [2.05, 4.69) is 10.6 Å². The SMILES string of the molecule is COCCNC(=O)c1cccc(C(=O)NCc2cccc(C)c2)c1. The summed E-state index contributed by atoms with van der Waals surface area (Å²) in [5.74, 6) is -0.427. The lowest BCUT2D eigenvalue weighted by atomic mass is 10.1. The predicted octanol–water partition coefficient (Wildman–Crippen LogP) is 2.30. The Morgan fingerprint density at radius 3 is 2.29 bits per heavy atom. The van der Waals surface area contributed by atoms with E-state index in [1.54, 1.807) is 31.4 Å². The number of nitrogens with one attached hydrogen (secondary N) is 2. The molecule has 0 aliphatic carbocycles. The van der Waals surface area contributed by atoms with Crippen LogP contribution in [0.25, 0.3) is 0 Å². The predicted molar refractivity (Wildman–Crippen MR) is 93.0 cm³/mol. The van der Waals surface area contributed by atoms with E-state index in [0.29, 0.717) is 30.8 Å². The second-order valence-electron chi connectivity index (χ2n) is 5.50. The van der Waals surface area contributed by atoms with Crippen molar-refractivity contribution in [1.29, 1.82) is 0 Å². The van der Waals surface area contributed by atoms with Crippen molar-refractivity contribution in [3.8, 4) is 0 Å². The lowest BCUT2D eigenvalue weighted by Crippen LogP contribution is -2.27. The molecule has 2 N–H and O–H groups in total. The summed E-state index contributed by atoms with van der Waals surface area (Å²) < 4.78 is 4.89. The molecular formula is C19H22N2O3. The highest BCUT2D eigenvalue weighted by Crippen LogP contribution is 2.07. The normalized spacial score (nSPS) is 10.2. The first kappa shape index (κ1) is 17.7. The van der Waals surface area contributed by atoms with Gasteiger partial charge < -0.3 is 15.4 Å². The van der Waals surface area contributed by atoms with Crippen molar-refractivity contribution in [1.82, 2.24) is 10.6 Å². The molecule has 0 spiro atoms.